The van der Waals surface area contributed by atoms with Crippen LogP contribution in [0.1, 0.15) is 33.1 Å². The van der Waals surface area contributed by atoms with Gasteiger partial charge in [0.2, 0.25) is 10.0 Å². The molecule has 0 aromatic heterocycles. The van der Waals surface area contributed by atoms with Gasteiger partial charge in [0.15, 0.2) is 0 Å². The van der Waals surface area contributed by atoms with Crippen LogP contribution in [0, 0.1) is 0 Å². The van der Waals surface area contributed by atoms with Crippen LogP contribution in [0.25, 0.3) is 0 Å². The average Bonchev–Trinajstić information content (AvgIpc) is 2.63. The Balaban J connectivity index is 2.29. The molecule has 8 nitrogen and oxygen atoms in total. The summed E-state index contributed by atoms with van der Waals surface area (Å²) in [7, 11) is -3.70. The van der Waals surface area contributed by atoms with Crippen LogP contribution in [-0.4, -0.2) is 56.2 Å². The molecule has 0 unspecified atom stereocenters. The maximum Gasteiger partial charge on any atom is 0.319 e. The van der Waals surface area contributed by atoms with Crippen LogP contribution < -0.4 is 15.4 Å². The first-order chi connectivity index (χ1) is 12.4. The maximum absolute atomic E-state index is 13.0. The molecule has 1 aromatic carbocycles. The number of urea groups is 1. The van der Waals surface area contributed by atoms with Crippen molar-refractivity contribution in [2.75, 3.05) is 31.6 Å². The van der Waals surface area contributed by atoms with Gasteiger partial charge in [0.1, 0.15) is 10.6 Å². The van der Waals surface area contributed by atoms with Crippen LogP contribution in [0.4, 0.5) is 10.5 Å². The second kappa shape index (κ2) is 9.20. The van der Waals surface area contributed by atoms with E-state index in [1.807, 2.05) is 0 Å². The van der Waals surface area contributed by atoms with Crippen LogP contribution in [-0.2, 0) is 10.0 Å². The van der Waals surface area contributed by atoms with Crippen molar-refractivity contribution in [3.8, 4) is 5.75 Å². The van der Waals surface area contributed by atoms with Gasteiger partial charge in [-0.25, -0.2) is 13.2 Å². The van der Waals surface area contributed by atoms with E-state index in [0.717, 1.165) is 19.3 Å². The van der Waals surface area contributed by atoms with Crippen molar-refractivity contribution in [3.05, 3.63) is 18.2 Å². The number of carbonyl (C=O) groups excluding carboxylic acids is 1. The Bertz CT molecular complexity index is 717. The Morgan fingerprint density at radius 2 is 2.00 bits per heavy atom. The first-order valence-electron chi connectivity index (χ1n) is 8.84. The lowest BCUT2D eigenvalue weighted by molar-refractivity contribution is 0.229. The topological polar surface area (TPSA) is 108 Å². The van der Waals surface area contributed by atoms with Crippen LogP contribution in [0.2, 0.25) is 0 Å². The molecule has 1 aliphatic heterocycles. The quantitative estimate of drug-likeness (QED) is 0.663. The molecule has 1 aliphatic rings. The molecule has 1 aromatic rings. The van der Waals surface area contributed by atoms with Gasteiger partial charge in [-0.15, -0.1) is 0 Å². The van der Waals surface area contributed by atoms with E-state index in [0.29, 0.717) is 25.4 Å². The van der Waals surface area contributed by atoms with Gasteiger partial charge >= 0.3 is 6.03 Å². The highest BCUT2D eigenvalue weighted by atomic mass is 32.2. The number of anilines is 1. The highest BCUT2D eigenvalue weighted by Gasteiger charge is 2.29. The van der Waals surface area contributed by atoms with E-state index in [2.05, 4.69) is 10.6 Å². The van der Waals surface area contributed by atoms with Crippen molar-refractivity contribution in [3.63, 3.8) is 0 Å². The third-order valence-corrected chi connectivity index (χ3v) is 6.01. The van der Waals surface area contributed by atoms with Crippen LogP contribution >= 0.6 is 0 Å². The molecule has 26 heavy (non-hydrogen) atoms. The van der Waals surface area contributed by atoms with Crippen molar-refractivity contribution in [2.45, 2.75) is 44.0 Å². The van der Waals surface area contributed by atoms with Gasteiger partial charge in [0.05, 0.1) is 19.3 Å². The number of aliphatic hydroxyl groups excluding tert-OH is 1. The molecule has 2 amide bonds. The fraction of sp³-hybridized carbons (Fsp3) is 0.588. The zero-order valence-corrected chi connectivity index (χ0v) is 16.0. The normalized spacial score (nSPS) is 16.7. The molecule has 146 valence electrons. The van der Waals surface area contributed by atoms with Gasteiger partial charge in [-0.1, -0.05) is 6.42 Å². The smallest absolute Gasteiger partial charge is 0.319 e. The molecule has 1 atom stereocenters. The summed E-state index contributed by atoms with van der Waals surface area (Å²) in [4.78, 5) is 12.0. The molecule has 0 bridgehead atoms. The van der Waals surface area contributed by atoms with Crippen LogP contribution in [0.3, 0.4) is 0 Å². The Kier molecular flexibility index (Phi) is 7.24. The number of amides is 2. The average molecular weight is 385 g/mol. The number of piperidine rings is 1. The molecule has 3 N–H and O–H groups in total. The largest absolute Gasteiger partial charge is 0.492 e. The number of sulfonamides is 1. The van der Waals surface area contributed by atoms with Crippen molar-refractivity contribution < 1.29 is 23.1 Å². The number of rotatable bonds is 7. The summed E-state index contributed by atoms with van der Waals surface area (Å²) in [6, 6.07) is 3.62. The summed E-state index contributed by atoms with van der Waals surface area (Å²) in [6.45, 7) is 4.56. The molecule has 0 radical (unpaired) electrons. The first-order valence-corrected chi connectivity index (χ1v) is 10.3. The molecule has 1 fully saturated rings. The van der Waals surface area contributed by atoms with Crippen molar-refractivity contribution >= 4 is 21.7 Å². The second-order valence-electron chi connectivity index (χ2n) is 6.24. The van der Waals surface area contributed by atoms with Crippen LogP contribution in [0.15, 0.2) is 23.1 Å². The van der Waals surface area contributed by atoms with Gasteiger partial charge in [0, 0.05) is 18.8 Å². The standard InChI is InChI=1S/C17H27N3O5S/c1-3-25-15-8-7-14(19-17(22)18-13(2)12-21)11-16(15)26(23,24)20-9-5-4-6-10-20/h7-8,11,13,21H,3-6,9-10,12H2,1-2H3,(H2,18,19,22)/t13-/m0/s1. The summed E-state index contributed by atoms with van der Waals surface area (Å²) in [5, 5.41) is 14.1. The van der Waals surface area contributed by atoms with E-state index in [1.165, 1.54) is 10.4 Å². The molecule has 0 saturated carbocycles. The molecule has 1 heterocycles. The number of carbonyl (C=O) groups is 1. The summed E-state index contributed by atoms with van der Waals surface area (Å²) in [5.41, 5.74) is 0.340. The van der Waals surface area contributed by atoms with E-state index < -0.39 is 22.1 Å². The summed E-state index contributed by atoms with van der Waals surface area (Å²) >= 11 is 0. The highest BCUT2D eigenvalue weighted by molar-refractivity contribution is 7.89. The van der Waals surface area contributed by atoms with E-state index in [4.69, 9.17) is 9.84 Å². The highest BCUT2D eigenvalue weighted by Crippen LogP contribution is 2.31. The first kappa shape index (κ1) is 20.5. The molecular weight excluding hydrogens is 358 g/mol. The SMILES string of the molecule is CCOc1ccc(NC(=O)N[C@@H](C)CO)cc1S(=O)(=O)N1CCCCC1. The predicted molar refractivity (Wildman–Crippen MR) is 98.9 cm³/mol. The minimum atomic E-state index is -3.70. The number of benzene rings is 1. The van der Waals surface area contributed by atoms with E-state index in [9.17, 15) is 13.2 Å². The Morgan fingerprint density at radius 1 is 1.31 bits per heavy atom. The van der Waals surface area contributed by atoms with Crippen LogP contribution in [0.5, 0.6) is 5.75 Å². The lowest BCUT2D eigenvalue weighted by atomic mass is 10.2. The molecule has 9 heteroatoms. The number of aliphatic hydroxyl groups is 1. The Hall–Kier alpha value is -1.84. The molecule has 0 spiro atoms. The van der Waals surface area contributed by atoms with Gasteiger partial charge < -0.3 is 20.5 Å². The molecular formula is C17H27N3O5S. The summed E-state index contributed by atoms with van der Waals surface area (Å²) in [6.07, 6.45) is 2.69. The fourth-order valence-electron chi connectivity index (χ4n) is 2.74. The number of ether oxygens (including phenoxy) is 1. The summed E-state index contributed by atoms with van der Waals surface area (Å²) in [5.74, 6) is 0.271. The van der Waals surface area contributed by atoms with Crippen molar-refractivity contribution in [2.24, 2.45) is 0 Å². The number of hydrogen-bond donors (Lipinski definition) is 3. The Labute approximate surface area is 154 Å². The number of hydrogen-bond acceptors (Lipinski definition) is 5. The summed E-state index contributed by atoms with van der Waals surface area (Å²) < 4.78 is 33.0. The number of nitrogens with zero attached hydrogens (tertiary/aromatic N) is 1. The maximum atomic E-state index is 13.0. The molecule has 1 saturated heterocycles. The second-order valence-corrected chi connectivity index (χ2v) is 8.15. The predicted octanol–water partition coefficient (Wildman–Crippen LogP) is 1.76. The van der Waals surface area contributed by atoms with E-state index in [-0.39, 0.29) is 17.3 Å². The van der Waals surface area contributed by atoms with Gasteiger partial charge in [-0.3, -0.25) is 0 Å². The minimum absolute atomic E-state index is 0.0502. The van der Waals surface area contributed by atoms with Gasteiger partial charge in [-0.2, -0.15) is 4.31 Å². The Morgan fingerprint density at radius 3 is 2.62 bits per heavy atom. The lowest BCUT2D eigenvalue weighted by Gasteiger charge is -2.27. The zero-order chi connectivity index (χ0) is 19.2. The molecule has 0 aliphatic carbocycles. The third kappa shape index (κ3) is 5.09. The van der Waals surface area contributed by atoms with Gasteiger partial charge in [-0.05, 0) is 44.9 Å². The van der Waals surface area contributed by atoms with E-state index >= 15 is 0 Å². The number of nitrogens with one attached hydrogen (secondary N) is 2. The lowest BCUT2D eigenvalue weighted by Crippen LogP contribution is -2.38. The molecule has 2 rings (SSSR count). The van der Waals surface area contributed by atoms with E-state index in [1.54, 1.807) is 26.0 Å². The zero-order valence-electron chi connectivity index (χ0n) is 15.2. The van der Waals surface area contributed by atoms with Crippen molar-refractivity contribution in [1.29, 1.82) is 0 Å². The fourth-order valence-corrected chi connectivity index (χ4v) is 4.42. The third-order valence-electron chi connectivity index (χ3n) is 4.09. The minimum Gasteiger partial charge on any atom is -0.492 e. The van der Waals surface area contributed by atoms with Gasteiger partial charge in [0.25, 0.3) is 0 Å². The van der Waals surface area contributed by atoms with Crippen molar-refractivity contribution in [1.82, 2.24) is 9.62 Å². The monoisotopic (exact) mass is 385 g/mol.